The van der Waals surface area contributed by atoms with Crippen LogP contribution in [0.2, 0.25) is 0 Å². The summed E-state index contributed by atoms with van der Waals surface area (Å²) in [5.74, 6) is -0.243. The van der Waals surface area contributed by atoms with Crippen molar-refractivity contribution in [2.75, 3.05) is 13.1 Å². The van der Waals surface area contributed by atoms with Crippen molar-refractivity contribution in [1.29, 1.82) is 0 Å². The zero-order chi connectivity index (χ0) is 11.8. The van der Waals surface area contributed by atoms with Gasteiger partial charge in [-0.1, -0.05) is 13.3 Å². The summed E-state index contributed by atoms with van der Waals surface area (Å²) in [5, 5.41) is 0. The van der Waals surface area contributed by atoms with Gasteiger partial charge in [-0.2, -0.15) is 13.2 Å². The monoisotopic (exact) mass is 235 g/mol. The minimum Gasteiger partial charge on any atom is -0.299 e. The zero-order valence-electron chi connectivity index (χ0n) is 9.76. The van der Waals surface area contributed by atoms with E-state index in [0.29, 0.717) is 6.04 Å². The largest absolute Gasteiger partial charge is 0.394 e. The van der Waals surface area contributed by atoms with Crippen LogP contribution in [0.1, 0.15) is 39.0 Å². The number of hydrogen-bond acceptors (Lipinski definition) is 1. The molecule has 16 heavy (non-hydrogen) atoms. The SMILES string of the molecule is CCC1CCC(N2CC(C(F)(F)F)C2)CC1. The average molecular weight is 235 g/mol. The van der Waals surface area contributed by atoms with Gasteiger partial charge in [0.15, 0.2) is 0 Å². The molecule has 1 nitrogen and oxygen atoms in total. The molecule has 0 bridgehead atoms. The first-order valence-electron chi connectivity index (χ1n) is 6.31. The Hall–Kier alpha value is -0.250. The Kier molecular flexibility index (Phi) is 3.48. The zero-order valence-corrected chi connectivity index (χ0v) is 9.76. The van der Waals surface area contributed by atoms with Crippen LogP contribution in [-0.4, -0.2) is 30.2 Å². The molecule has 4 heteroatoms. The van der Waals surface area contributed by atoms with E-state index in [2.05, 4.69) is 6.92 Å². The maximum atomic E-state index is 12.3. The lowest BCUT2D eigenvalue weighted by molar-refractivity contribution is -0.215. The third-order valence-electron chi connectivity index (χ3n) is 4.28. The predicted octanol–water partition coefficient (Wildman–Crippen LogP) is 3.45. The molecular weight excluding hydrogens is 215 g/mol. The first-order valence-corrected chi connectivity index (χ1v) is 6.31. The summed E-state index contributed by atoms with van der Waals surface area (Å²) in [6, 6.07) is 0.432. The van der Waals surface area contributed by atoms with Crippen molar-refractivity contribution in [3.05, 3.63) is 0 Å². The lowest BCUT2D eigenvalue weighted by atomic mass is 9.82. The summed E-state index contributed by atoms with van der Waals surface area (Å²) < 4.78 is 37.0. The fraction of sp³-hybridized carbons (Fsp3) is 1.00. The van der Waals surface area contributed by atoms with Crippen molar-refractivity contribution in [2.45, 2.75) is 51.2 Å². The standard InChI is InChI=1S/C12H20F3N/c1-2-9-3-5-11(6-4-9)16-7-10(8-16)12(13,14)15/h9-11H,2-8H2,1H3. The summed E-state index contributed by atoms with van der Waals surface area (Å²) >= 11 is 0. The Morgan fingerprint density at radius 2 is 1.62 bits per heavy atom. The van der Waals surface area contributed by atoms with Gasteiger partial charge in [0, 0.05) is 19.1 Å². The van der Waals surface area contributed by atoms with Crippen LogP contribution in [0.25, 0.3) is 0 Å². The van der Waals surface area contributed by atoms with Gasteiger partial charge in [-0.15, -0.1) is 0 Å². The molecule has 0 atom stereocenters. The first-order chi connectivity index (χ1) is 7.50. The van der Waals surface area contributed by atoms with E-state index in [9.17, 15) is 13.2 Å². The van der Waals surface area contributed by atoms with Crippen LogP contribution in [0.3, 0.4) is 0 Å². The summed E-state index contributed by atoms with van der Waals surface area (Å²) in [4.78, 5) is 2.03. The molecule has 1 aliphatic heterocycles. The van der Waals surface area contributed by atoms with E-state index in [4.69, 9.17) is 0 Å². The highest BCUT2D eigenvalue weighted by atomic mass is 19.4. The number of nitrogens with zero attached hydrogens (tertiary/aromatic N) is 1. The number of alkyl halides is 3. The number of likely N-dealkylation sites (tertiary alicyclic amines) is 1. The highest BCUT2D eigenvalue weighted by molar-refractivity contribution is 4.90. The molecule has 0 amide bonds. The molecule has 0 radical (unpaired) electrons. The van der Waals surface area contributed by atoms with Gasteiger partial charge < -0.3 is 0 Å². The Balaban J connectivity index is 1.73. The molecule has 94 valence electrons. The second kappa shape index (κ2) is 4.55. The van der Waals surface area contributed by atoms with Gasteiger partial charge in [0.25, 0.3) is 0 Å². The molecule has 2 fully saturated rings. The molecule has 1 aliphatic carbocycles. The maximum absolute atomic E-state index is 12.3. The van der Waals surface area contributed by atoms with Crippen molar-refractivity contribution in [2.24, 2.45) is 11.8 Å². The fourth-order valence-electron chi connectivity index (χ4n) is 2.94. The van der Waals surface area contributed by atoms with Crippen LogP contribution in [0.5, 0.6) is 0 Å². The van der Waals surface area contributed by atoms with Gasteiger partial charge in [-0.25, -0.2) is 0 Å². The fourth-order valence-corrected chi connectivity index (χ4v) is 2.94. The summed E-state index contributed by atoms with van der Waals surface area (Å²) in [6.07, 6.45) is 1.85. The highest BCUT2D eigenvalue weighted by Gasteiger charge is 2.48. The predicted molar refractivity (Wildman–Crippen MR) is 57.2 cm³/mol. The topological polar surface area (TPSA) is 3.24 Å². The maximum Gasteiger partial charge on any atom is 0.394 e. The molecule has 1 heterocycles. The molecule has 1 saturated carbocycles. The molecular formula is C12H20F3N. The van der Waals surface area contributed by atoms with Crippen LogP contribution >= 0.6 is 0 Å². The Labute approximate surface area is 95.0 Å². The smallest absolute Gasteiger partial charge is 0.299 e. The van der Waals surface area contributed by atoms with E-state index in [1.165, 1.54) is 19.3 Å². The molecule has 0 spiro atoms. The number of halogens is 3. The molecule has 0 aromatic rings. The van der Waals surface area contributed by atoms with Gasteiger partial charge in [0.1, 0.15) is 0 Å². The van der Waals surface area contributed by atoms with Gasteiger partial charge in [-0.3, -0.25) is 4.90 Å². The van der Waals surface area contributed by atoms with Crippen molar-refractivity contribution >= 4 is 0 Å². The number of rotatable bonds is 2. The second-order valence-corrected chi connectivity index (χ2v) is 5.28. The van der Waals surface area contributed by atoms with Gasteiger partial charge in [0.2, 0.25) is 0 Å². The van der Waals surface area contributed by atoms with Gasteiger partial charge >= 0.3 is 6.18 Å². The quantitative estimate of drug-likeness (QED) is 0.708. The minimum atomic E-state index is -3.98. The normalized spacial score (nSPS) is 33.8. The molecule has 0 aromatic carbocycles. The molecule has 0 aromatic heterocycles. The Morgan fingerprint density at radius 3 is 2.06 bits per heavy atom. The third kappa shape index (κ3) is 2.53. The molecule has 1 saturated heterocycles. The van der Waals surface area contributed by atoms with E-state index < -0.39 is 12.1 Å². The molecule has 0 N–H and O–H groups in total. The van der Waals surface area contributed by atoms with Crippen molar-refractivity contribution in [3.63, 3.8) is 0 Å². The second-order valence-electron chi connectivity index (χ2n) is 5.28. The third-order valence-corrected chi connectivity index (χ3v) is 4.28. The lowest BCUT2D eigenvalue weighted by Gasteiger charge is -2.47. The van der Waals surface area contributed by atoms with E-state index in [-0.39, 0.29) is 13.1 Å². The highest BCUT2D eigenvalue weighted by Crippen LogP contribution is 2.38. The van der Waals surface area contributed by atoms with Crippen molar-refractivity contribution in [1.82, 2.24) is 4.90 Å². The average Bonchev–Trinajstić information content (AvgIpc) is 2.14. The van der Waals surface area contributed by atoms with Crippen LogP contribution in [0, 0.1) is 11.8 Å². The summed E-state index contributed by atoms with van der Waals surface area (Å²) in [7, 11) is 0. The Morgan fingerprint density at radius 1 is 1.06 bits per heavy atom. The van der Waals surface area contributed by atoms with Crippen molar-refractivity contribution < 1.29 is 13.2 Å². The molecule has 2 rings (SSSR count). The molecule has 0 unspecified atom stereocenters. The number of hydrogen-bond donors (Lipinski definition) is 0. The summed E-state index contributed by atoms with van der Waals surface area (Å²) in [6.45, 7) is 2.68. The minimum absolute atomic E-state index is 0.241. The van der Waals surface area contributed by atoms with Gasteiger partial charge in [0.05, 0.1) is 5.92 Å². The summed E-state index contributed by atoms with van der Waals surface area (Å²) in [5.41, 5.74) is 0. The van der Waals surface area contributed by atoms with E-state index in [0.717, 1.165) is 18.8 Å². The van der Waals surface area contributed by atoms with Crippen LogP contribution in [-0.2, 0) is 0 Å². The van der Waals surface area contributed by atoms with E-state index >= 15 is 0 Å². The van der Waals surface area contributed by atoms with Crippen LogP contribution in [0.15, 0.2) is 0 Å². The lowest BCUT2D eigenvalue weighted by Crippen LogP contribution is -2.57. The van der Waals surface area contributed by atoms with E-state index in [1.54, 1.807) is 0 Å². The van der Waals surface area contributed by atoms with Crippen molar-refractivity contribution in [3.8, 4) is 0 Å². The first kappa shape index (κ1) is 12.2. The van der Waals surface area contributed by atoms with Gasteiger partial charge in [-0.05, 0) is 31.6 Å². The molecule has 2 aliphatic rings. The van der Waals surface area contributed by atoms with E-state index in [1.807, 2.05) is 4.90 Å². The van der Waals surface area contributed by atoms with Crippen LogP contribution < -0.4 is 0 Å². The Bertz CT molecular complexity index is 225. The van der Waals surface area contributed by atoms with Crippen LogP contribution in [0.4, 0.5) is 13.2 Å².